The molecule has 0 amide bonds. The SMILES string of the molecule is Cc1ccc(S(=O)(=O)OCOS(=O)(=O)c2ccc(C)cc2)cc1.F. The summed E-state index contributed by atoms with van der Waals surface area (Å²) in [6.07, 6.45) is 0. The van der Waals surface area contributed by atoms with Gasteiger partial charge in [-0.05, 0) is 38.1 Å². The van der Waals surface area contributed by atoms with Crippen molar-refractivity contribution in [1.82, 2.24) is 0 Å². The Morgan fingerprint density at radius 3 is 1.25 bits per heavy atom. The third kappa shape index (κ3) is 5.10. The summed E-state index contributed by atoms with van der Waals surface area (Å²) in [5.74, 6) is 0. The molecule has 0 radical (unpaired) electrons. The van der Waals surface area contributed by atoms with E-state index in [0.29, 0.717) is 0 Å². The zero-order chi connectivity index (χ0) is 17.1. The first-order valence-corrected chi connectivity index (χ1v) is 9.44. The summed E-state index contributed by atoms with van der Waals surface area (Å²) in [6, 6.07) is 11.9. The summed E-state index contributed by atoms with van der Waals surface area (Å²) in [6.45, 7) is 2.70. The standard InChI is InChI=1S/C15H16O6S2.FH/c1-12-3-7-14(8-4-12)22(16,17)20-11-21-23(18,19)15-9-5-13(2)6-10-15;/h3-10H,11H2,1-2H3;1H. The first-order valence-electron chi connectivity index (χ1n) is 6.63. The van der Waals surface area contributed by atoms with Gasteiger partial charge in [0, 0.05) is 0 Å². The minimum atomic E-state index is -4.08. The highest BCUT2D eigenvalue weighted by Gasteiger charge is 2.19. The molecule has 2 rings (SSSR count). The number of rotatable bonds is 6. The van der Waals surface area contributed by atoms with Gasteiger partial charge in [-0.25, -0.2) is 8.37 Å². The second-order valence-corrected chi connectivity index (χ2v) is 8.12. The van der Waals surface area contributed by atoms with E-state index in [0.717, 1.165) is 11.1 Å². The highest BCUT2D eigenvalue weighted by molar-refractivity contribution is 7.87. The lowest BCUT2D eigenvalue weighted by Crippen LogP contribution is -2.14. The second-order valence-electron chi connectivity index (χ2n) is 4.89. The van der Waals surface area contributed by atoms with Crippen molar-refractivity contribution < 1.29 is 29.9 Å². The molecule has 0 aromatic heterocycles. The molecular formula is C15H17FO6S2. The molecule has 0 aliphatic carbocycles. The van der Waals surface area contributed by atoms with Crippen molar-refractivity contribution in [2.45, 2.75) is 23.6 Å². The Bertz CT molecular complexity index is 797. The summed E-state index contributed by atoms with van der Waals surface area (Å²) in [5.41, 5.74) is 1.78. The molecule has 0 fully saturated rings. The van der Waals surface area contributed by atoms with Crippen LogP contribution in [0.4, 0.5) is 4.70 Å². The zero-order valence-electron chi connectivity index (χ0n) is 13.0. The number of hydrogen-bond acceptors (Lipinski definition) is 6. The molecule has 2 aromatic carbocycles. The number of benzene rings is 2. The molecule has 2 aromatic rings. The molecule has 6 nitrogen and oxygen atoms in total. The lowest BCUT2D eigenvalue weighted by atomic mass is 10.2. The van der Waals surface area contributed by atoms with E-state index in [2.05, 4.69) is 8.37 Å². The van der Waals surface area contributed by atoms with Gasteiger partial charge in [-0.1, -0.05) is 35.4 Å². The van der Waals surface area contributed by atoms with E-state index in [1.54, 1.807) is 24.3 Å². The summed E-state index contributed by atoms with van der Waals surface area (Å²) in [4.78, 5) is -0.140. The molecule has 0 N–H and O–H groups in total. The fourth-order valence-electron chi connectivity index (χ4n) is 1.69. The zero-order valence-corrected chi connectivity index (χ0v) is 14.6. The van der Waals surface area contributed by atoms with E-state index in [4.69, 9.17) is 0 Å². The van der Waals surface area contributed by atoms with Gasteiger partial charge in [0.2, 0.25) is 0 Å². The fourth-order valence-corrected chi connectivity index (χ4v) is 3.31. The first-order chi connectivity index (χ1) is 10.7. The molecule has 0 heterocycles. The first kappa shape index (κ1) is 20.2. The van der Waals surface area contributed by atoms with Crippen LogP contribution in [0.2, 0.25) is 0 Å². The molecule has 0 aliphatic rings. The molecule has 0 bridgehead atoms. The predicted molar refractivity (Wildman–Crippen MR) is 86.3 cm³/mol. The van der Waals surface area contributed by atoms with Crippen molar-refractivity contribution in [3.8, 4) is 0 Å². The van der Waals surface area contributed by atoms with E-state index >= 15 is 0 Å². The highest BCUT2D eigenvalue weighted by atomic mass is 32.2. The Kier molecular flexibility index (Phi) is 6.61. The van der Waals surface area contributed by atoms with Gasteiger partial charge < -0.3 is 0 Å². The highest BCUT2D eigenvalue weighted by Crippen LogP contribution is 2.16. The quantitative estimate of drug-likeness (QED) is 0.569. The van der Waals surface area contributed by atoms with Crippen molar-refractivity contribution in [3.63, 3.8) is 0 Å². The molecule has 9 heteroatoms. The third-order valence-corrected chi connectivity index (χ3v) is 5.54. The summed E-state index contributed by atoms with van der Waals surface area (Å²) < 4.78 is 56.9. The van der Waals surface area contributed by atoms with E-state index in [9.17, 15) is 16.8 Å². The molecule has 132 valence electrons. The van der Waals surface area contributed by atoms with Crippen molar-refractivity contribution >= 4 is 20.2 Å². The molecule has 0 atom stereocenters. The summed E-state index contributed by atoms with van der Waals surface area (Å²) >= 11 is 0. The van der Waals surface area contributed by atoms with Gasteiger partial charge in [0.25, 0.3) is 20.2 Å². The van der Waals surface area contributed by atoms with E-state index < -0.39 is 27.0 Å². The van der Waals surface area contributed by atoms with Crippen LogP contribution in [0.1, 0.15) is 11.1 Å². The van der Waals surface area contributed by atoms with E-state index in [1.165, 1.54) is 24.3 Å². The van der Waals surface area contributed by atoms with Crippen LogP contribution in [0.5, 0.6) is 0 Å². The van der Waals surface area contributed by atoms with Gasteiger partial charge in [0.15, 0.2) is 6.79 Å². The Labute approximate surface area is 140 Å². The van der Waals surface area contributed by atoms with Gasteiger partial charge in [-0.15, -0.1) is 0 Å². The van der Waals surface area contributed by atoms with Gasteiger partial charge in [0.1, 0.15) is 0 Å². The average Bonchev–Trinajstić information content (AvgIpc) is 2.47. The minimum Gasteiger partial charge on any atom is -0.269 e. The Balaban J connectivity index is 0.00000288. The van der Waals surface area contributed by atoms with Crippen LogP contribution in [0.15, 0.2) is 58.3 Å². The number of hydrogen-bond donors (Lipinski definition) is 0. The van der Waals surface area contributed by atoms with Crippen molar-refractivity contribution in [2.75, 3.05) is 6.79 Å². The molecule has 0 saturated heterocycles. The monoisotopic (exact) mass is 376 g/mol. The Morgan fingerprint density at radius 1 is 0.667 bits per heavy atom. The van der Waals surface area contributed by atoms with Crippen LogP contribution in [-0.4, -0.2) is 23.6 Å². The number of halogens is 1. The van der Waals surface area contributed by atoms with Crippen LogP contribution in [0, 0.1) is 13.8 Å². The average molecular weight is 376 g/mol. The maximum absolute atomic E-state index is 11.9. The number of aryl methyl sites for hydroxylation is 2. The van der Waals surface area contributed by atoms with Crippen molar-refractivity contribution in [2.24, 2.45) is 0 Å². The smallest absolute Gasteiger partial charge is 0.269 e. The van der Waals surface area contributed by atoms with Gasteiger partial charge >= 0.3 is 0 Å². The van der Waals surface area contributed by atoms with Crippen LogP contribution in [0.3, 0.4) is 0 Å². The van der Waals surface area contributed by atoms with E-state index in [-0.39, 0.29) is 14.5 Å². The van der Waals surface area contributed by atoms with Gasteiger partial charge in [-0.3, -0.25) is 4.70 Å². The van der Waals surface area contributed by atoms with Crippen LogP contribution in [-0.2, 0) is 28.6 Å². The minimum absolute atomic E-state index is 0. The largest absolute Gasteiger partial charge is 0.299 e. The third-order valence-electron chi connectivity index (χ3n) is 3.03. The van der Waals surface area contributed by atoms with Crippen molar-refractivity contribution in [3.05, 3.63) is 59.7 Å². The molecule has 24 heavy (non-hydrogen) atoms. The summed E-state index contributed by atoms with van der Waals surface area (Å²) in [7, 11) is -8.16. The molecule has 0 saturated carbocycles. The molecular weight excluding hydrogens is 359 g/mol. The topological polar surface area (TPSA) is 86.7 Å². The van der Waals surface area contributed by atoms with Gasteiger partial charge in [-0.2, -0.15) is 16.8 Å². The van der Waals surface area contributed by atoms with Crippen molar-refractivity contribution in [1.29, 1.82) is 0 Å². The van der Waals surface area contributed by atoms with Crippen LogP contribution >= 0.6 is 0 Å². The lowest BCUT2D eigenvalue weighted by Gasteiger charge is -2.07. The van der Waals surface area contributed by atoms with E-state index in [1.807, 2.05) is 13.8 Å². The molecule has 0 unspecified atom stereocenters. The van der Waals surface area contributed by atoms with Crippen LogP contribution < -0.4 is 0 Å². The maximum atomic E-state index is 11.9. The fraction of sp³-hybridized carbons (Fsp3) is 0.200. The normalized spacial score (nSPS) is 11.8. The Hall–Kier alpha value is -1.81. The summed E-state index contributed by atoms with van der Waals surface area (Å²) in [5, 5.41) is 0. The molecule has 0 spiro atoms. The van der Waals surface area contributed by atoms with Gasteiger partial charge in [0.05, 0.1) is 9.79 Å². The maximum Gasteiger partial charge on any atom is 0.299 e. The van der Waals surface area contributed by atoms with Crippen LogP contribution in [0.25, 0.3) is 0 Å². The lowest BCUT2D eigenvalue weighted by molar-refractivity contribution is 0.132. The predicted octanol–water partition coefficient (Wildman–Crippen LogP) is 2.52. The second kappa shape index (κ2) is 7.84. The Morgan fingerprint density at radius 2 is 0.958 bits per heavy atom. The molecule has 0 aliphatic heterocycles.